The van der Waals surface area contributed by atoms with Crippen molar-refractivity contribution in [3.63, 3.8) is 0 Å². The van der Waals surface area contributed by atoms with Crippen LogP contribution >= 0.6 is 11.6 Å². The van der Waals surface area contributed by atoms with E-state index in [2.05, 4.69) is 16.0 Å². The highest BCUT2D eigenvalue weighted by Crippen LogP contribution is 2.46. The van der Waals surface area contributed by atoms with Gasteiger partial charge in [0.2, 0.25) is 5.91 Å². The second-order valence-electron chi connectivity index (χ2n) is 11.0. The molecular formula is C25H45ClN6O2. The van der Waals surface area contributed by atoms with Gasteiger partial charge in [-0.1, -0.05) is 19.3 Å². The van der Waals surface area contributed by atoms with Gasteiger partial charge in [0.05, 0.1) is 41.8 Å². The van der Waals surface area contributed by atoms with E-state index in [1.807, 2.05) is 6.21 Å². The van der Waals surface area contributed by atoms with Gasteiger partial charge in [0.15, 0.2) is 0 Å². The van der Waals surface area contributed by atoms with Crippen LogP contribution in [0.25, 0.3) is 0 Å². The van der Waals surface area contributed by atoms with Crippen molar-refractivity contribution >= 4 is 23.7 Å². The van der Waals surface area contributed by atoms with Gasteiger partial charge in [-0.25, -0.2) is 0 Å². The highest BCUT2D eigenvalue weighted by atomic mass is 35.5. The van der Waals surface area contributed by atoms with Gasteiger partial charge in [-0.2, -0.15) is 0 Å². The Labute approximate surface area is 209 Å². The summed E-state index contributed by atoms with van der Waals surface area (Å²) in [6.07, 6.45) is 13.3. The molecule has 9 heteroatoms. The van der Waals surface area contributed by atoms with E-state index < -0.39 is 12.1 Å². The number of aliphatic imine (C=N–C) groups is 1. The number of amides is 1. The van der Waals surface area contributed by atoms with E-state index in [0.717, 1.165) is 58.2 Å². The van der Waals surface area contributed by atoms with E-state index in [4.69, 9.17) is 32.8 Å². The molecule has 1 aliphatic carbocycles. The normalized spacial score (nSPS) is 35.5. The molecule has 0 aromatic carbocycles. The second kappa shape index (κ2) is 12.5. The fraction of sp³-hybridized carbons (Fsp3) is 0.920. The largest absolute Gasteiger partial charge is 0.371 e. The summed E-state index contributed by atoms with van der Waals surface area (Å²) in [6, 6.07) is -0.357. The molecule has 3 fully saturated rings. The summed E-state index contributed by atoms with van der Waals surface area (Å²) >= 11 is 6.55. The molecule has 0 bridgehead atoms. The summed E-state index contributed by atoms with van der Waals surface area (Å²) in [7, 11) is 0. The predicted octanol–water partition coefficient (Wildman–Crippen LogP) is 1.64. The van der Waals surface area contributed by atoms with Crippen LogP contribution in [0.2, 0.25) is 0 Å². The lowest BCUT2D eigenvalue weighted by atomic mass is 9.65. The molecule has 1 spiro atoms. The van der Waals surface area contributed by atoms with E-state index in [1.54, 1.807) is 0 Å². The number of hydrogen-bond acceptors (Lipinski definition) is 7. The van der Waals surface area contributed by atoms with Gasteiger partial charge in [-0.15, -0.1) is 11.6 Å². The van der Waals surface area contributed by atoms with Crippen molar-refractivity contribution in [2.75, 3.05) is 26.2 Å². The zero-order chi connectivity index (χ0) is 24.0. The van der Waals surface area contributed by atoms with E-state index in [9.17, 15) is 4.79 Å². The zero-order valence-electron chi connectivity index (χ0n) is 20.5. The third-order valence-corrected chi connectivity index (χ3v) is 8.77. The molecule has 1 saturated carbocycles. The molecule has 1 amide bonds. The molecule has 5 unspecified atom stereocenters. The smallest absolute Gasteiger partial charge is 0.228 e. The Morgan fingerprint density at radius 1 is 1.06 bits per heavy atom. The minimum atomic E-state index is -0.783. The second-order valence-corrected chi connectivity index (χ2v) is 11.6. The van der Waals surface area contributed by atoms with Crippen LogP contribution in [0.4, 0.5) is 0 Å². The summed E-state index contributed by atoms with van der Waals surface area (Å²) in [5, 5.41) is 9.97. The molecule has 7 N–H and O–H groups in total. The van der Waals surface area contributed by atoms with Crippen LogP contribution < -0.4 is 27.4 Å². The number of halogens is 1. The topological polar surface area (TPSA) is 127 Å². The monoisotopic (exact) mass is 496 g/mol. The first-order valence-electron chi connectivity index (χ1n) is 13.5. The van der Waals surface area contributed by atoms with Crippen LogP contribution in [0.3, 0.4) is 0 Å². The maximum atomic E-state index is 13.7. The fourth-order valence-corrected chi connectivity index (χ4v) is 6.68. The van der Waals surface area contributed by atoms with Gasteiger partial charge in [-0.05, 0) is 69.9 Å². The maximum Gasteiger partial charge on any atom is 0.228 e. The number of alkyl halides is 1. The van der Waals surface area contributed by atoms with Crippen LogP contribution in [-0.2, 0) is 9.53 Å². The minimum Gasteiger partial charge on any atom is -0.371 e. The van der Waals surface area contributed by atoms with Crippen molar-refractivity contribution in [3.05, 3.63) is 0 Å². The van der Waals surface area contributed by atoms with Crippen LogP contribution in [0.1, 0.15) is 70.6 Å². The summed E-state index contributed by atoms with van der Waals surface area (Å²) in [5.74, 6) is -0.699. The maximum absolute atomic E-state index is 13.7. The number of carbonyl (C=O) groups is 1. The lowest BCUT2D eigenvalue weighted by molar-refractivity contribution is -0.130. The standard InChI is InChI=1S/C25H45ClN6O2/c26-17-6-10-25(8-2-1-3-9-25)13-19(31-14-17)22(23(27)28)24(33)32-20-16-30-12-7-21(20)34-18-5-4-11-29-15-18/h14,17-23,29-30H,1-13,15-16,27-28H2,(H,32,33)/t17?,18-,19?,20?,21?,22?/m0/s1. The Kier molecular flexibility index (Phi) is 9.64. The Morgan fingerprint density at radius 3 is 2.59 bits per heavy atom. The van der Waals surface area contributed by atoms with Gasteiger partial charge >= 0.3 is 0 Å². The van der Waals surface area contributed by atoms with Crippen LogP contribution in [0.15, 0.2) is 4.99 Å². The molecular weight excluding hydrogens is 452 g/mol. The van der Waals surface area contributed by atoms with E-state index in [1.165, 1.54) is 32.1 Å². The van der Waals surface area contributed by atoms with E-state index >= 15 is 0 Å². The number of nitrogens with zero attached hydrogens (tertiary/aromatic N) is 1. The average molecular weight is 497 g/mol. The molecule has 0 radical (unpaired) electrons. The third kappa shape index (κ3) is 6.92. The minimum absolute atomic E-state index is 0.0116. The van der Waals surface area contributed by atoms with Gasteiger partial charge in [0, 0.05) is 19.3 Å². The molecule has 6 atom stereocenters. The van der Waals surface area contributed by atoms with Gasteiger partial charge < -0.3 is 32.2 Å². The molecule has 34 heavy (non-hydrogen) atoms. The van der Waals surface area contributed by atoms with Crippen molar-refractivity contribution in [3.8, 4) is 0 Å². The number of piperidine rings is 2. The number of nitrogens with one attached hydrogen (secondary N) is 3. The Balaban J connectivity index is 1.46. The fourth-order valence-electron chi connectivity index (χ4n) is 6.51. The van der Waals surface area contributed by atoms with E-state index in [-0.39, 0.29) is 41.0 Å². The predicted molar refractivity (Wildman–Crippen MR) is 137 cm³/mol. The lowest BCUT2D eigenvalue weighted by Crippen LogP contribution is -2.60. The van der Waals surface area contributed by atoms with Crippen molar-refractivity contribution in [1.29, 1.82) is 0 Å². The first kappa shape index (κ1) is 26.3. The molecule has 4 rings (SSSR count). The van der Waals surface area contributed by atoms with Gasteiger partial charge in [-0.3, -0.25) is 9.79 Å². The third-order valence-electron chi connectivity index (χ3n) is 8.44. The summed E-state index contributed by atoms with van der Waals surface area (Å²) in [4.78, 5) is 18.5. The highest BCUT2D eigenvalue weighted by molar-refractivity contribution is 6.28. The summed E-state index contributed by atoms with van der Waals surface area (Å²) in [5.41, 5.74) is 12.7. The number of ether oxygens (including phenoxy) is 1. The molecule has 3 heterocycles. The SMILES string of the molecule is NC(N)C(C(=O)NC1CNCCC1O[C@H]1CCCNC1)C1CC2(CCCCC2)CCC(Cl)C=N1. The first-order chi connectivity index (χ1) is 16.5. The van der Waals surface area contributed by atoms with Crippen LogP contribution in [-0.4, -0.2) is 74.1 Å². The zero-order valence-corrected chi connectivity index (χ0v) is 21.3. The molecule has 194 valence electrons. The Hall–Kier alpha value is -0.770. The molecule has 8 nitrogen and oxygen atoms in total. The Bertz CT molecular complexity index is 680. The molecule has 2 saturated heterocycles. The molecule has 3 aliphatic heterocycles. The van der Waals surface area contributed by atoms with Crippen molar-refractivity contribution in [2.45, 2.75) is 106 Å². The van der Waals surface area contributed by atoms with Crippen molar-refractivity contribution < 1.29 is 9.53 Å². The number of hydrogen-bond donors (Lipinski definition) is 5. The van der Waals surface area contributed by atoms with Crippen LogP contribution in [0, 0.1) is 11.3 Å². The van der Waals surface area contributed by atoms with E-state index in [0.29, 0.717) is 6.54 Å². The van der Waals surface area contributed by atoms with Gasteiger partial charge in [0.25, 0.3) is 0 Å². The van der Waals surface area contributed by atoms with Gasteiger partial charge in [0.1, 0.15) is 0 Å². The number of rotatable bonds is 6. The Morgan fingerprint density at radius 2 is 1.85 bits per heavy atom. The molecule has 0 aromatic rings. The average Bonchev–Trinajstić information content (AvgIpc) is 2.83. The van der Waals surface area contributed by atoms with Crippen LogP contribution in [0.5, 0.6) is 0 Å². The summed E-state index contributed by atoms with van der Waals surface area (Å²) in [6.45, 7) is 3.50. The number of carbonyl (C=O) groups excluding carboxylic acids is 1. The highest BCUT2D eigenvalue weighted by Gasteiger charge is 2.42. The molecule has 4 aliphatic rings. The van der Waals surface area contributed by atoms with Crippen molar-refractivity contribution in [1.82, 2.24) is 16.0 Å². The first-order valence-corrected chi connectivity index (χ1v) is 14.0. The quantitative estimate of drug-likeness (QED) is 0.281. The summed E-state index contributed by atoms with van der Waals surface area (Å²) < 4.78 is 6.45. The van der Waals surface area contributed by atoms with Crippen molar-refractivity contribution in [2.24, 2.45) is 27.8 Å². The molecule has 0 aromatic heterocycles. The number of nitrogens with two attached hydrogens (primary N) is 2. The lowest BCUT2D eigenvalue weighted by Gasteiger charge is -2.43.